The van der Waals surface area contributed by atoms with E-state index in [0.717, 1.165) is 35.7 Å². The number of ether oxygens (including phenoxy) is 1. The van der Waals surface area contributed by atoms with E-state index in [1.807, 2.05) is 24.3 Å². The highest BCUT2D eigenvalue weighted by molar-refractivity contribution is 9.10. The van der Waals surface area contributed by atoms with Gasteiger partial charge in [-0.25, -0.2) is 4.79 Å². The zero-order valence-electron chi connectivity index (χ0n) is 11.2. The van der Waals surface area contributed by atoms with Gasteiger partial charge < -0.3 is 9.84 Å². The maximum atomic E-state index is 11.7. The van der Waals surface area contributed by atoms with Crippen LogP contribution in [-0.2, 0) is 4.74 Å². The molecule has 5 heteroatoms. The van der Waals surface area contributed by atoms with Gasteiger partial charge >= 0.3 is 6.09 Å². The van der Waals surface area contributed by atoms with Gasteiger partial charge in [0.25, 0.3) is 0 Å². The molecular formula is C15H18BrNO3. The zero-order chi connectivity index (χ0) is 14.1. The molecule has 1 aromatic carbocycles. The van der Waals surface area contributed by atoms with E-state index in [1.165, 1.54) is 0 Å². The summed E-state index contributed by atoms with van der Waals surface area (Å²) in [7, 11) is 0. The lowest BCUT2D eigenvalue weighted by Crippen LogP contribution is -2.55. The summed E-state index contributed by atoms with van der Waals surface area (Å²) in [5.41, 5.74) is 1.000. The van der Waals surface area contributed by atoms with Crippen LogP contribution in [0.1, 0.15) is 37.3 Å². The minimum atomic E-state index is -0.835. The Labute approximate surface area is 126 Å². The van der Waals surface area contributed by atoms with E-state index < -0.39 is 6.09 Å². The number of morpholine rings is 1. The lowest BCUT2D eigenvalue weighted by molar-refractivity contribution is -0.108. The van der Waals surface area contributed by atoms with Gasteiger partial charge in [-0.3, -0.25) is 4.90 Å². The minimum Gasteiger partial charge on any atom is -0.465 e. The molecular weight excluding hydrogens is 322 g/mol. The van der Waals surface area contributed by atoms with Crippen LogP contribution in [0.2, 0.25) is 0 Å². The molecule has 0 spiro atoms. The Morgan fingerprint density at radius 1 is 1.25 bits per heavy atom. The fourth-order valence-corrected chi connectivity index (χ4v) is 3.60. The number of fused-ring (bicyclic) bond motifs is 1. The molecule has 0 radical (unpaired) electrons. The lowest BCUT2D eigenvalue weighted by atomic mass is 9.88. The predicted octanol–water partition coefficient (Wildman–Crippen LogP) is 3.81. The molecule has 1 aliphatic heterocycles. The van der Waals surface area contributed by atoms with E-state index in [4.69, 9.17) is 4.74 Å². The van der Waals surface area contributed by atoms with Crippen molar-refractivity contribution in [3.8, 4) is 0 Å². The van der Waals surface area contributed by atoms with Crippen LogP contribution in [0.25, 0.3) is 0 Å². The first kappa shape index (κ1) is 13.9. The third kappa shape index (κ3) is 2.56. The third-order valence-corrected chi connectivity index (χ3v) is 4.83. The Morgan fingerprint density at radius 2 is 1.95 bits per heavy atom. The summed E-state index contributed by atoms with van der Waals surface area (Å²) in [5, 5.41) is 9.62. The van der Waals surface area contributed by atoms with Crippen molar-refractivity contribution < 1.29 is 14.6 Å². The lowest BCUT2D eigenvalue weighted by Gasteiger charge is -2.47. The fourth-order valence-electron chi connectivity index (χ4n) is 3.33. The molecule has 3 unspecified atom stereocenters. The van der Waals surface area contributed by atoms with Crippen molar-refractivity contribution in [1.82, 2.24) is 4.90 Å². The van der Waals surface area contributed by atoms with Crippen LogP contribution in [0.15, 0.2) is 28.7 Å². The molecule has 1 amide bonds. The molecule has 1 saturated carbocycles. The smallest absolute Gasteiger partial charge is 0.408 e. The molecule has 1 aliphatic carbocycles. The molecule has 20 heavy (non-hydrogen) atoms. The van der Waals surface area contributed by atoms with Gasteiger partial charge in [0.1, 0.15) is 0 Å². The maximum absolute atomic E-state index is 11.7. The summed E-state index contributed by atoms with van der Waals surface area (Å²) in [4.78, 5) is 13.3. The Morgan fingerprint density at radius 3 is 2.65 bits per heavy atom. The maximum Gasteiger partial charge on any atom is 0.408 e. The number of hydrogen-bond donors (Lipinski definition) is 1. The van der Waals surface area contributed by atoms with Gasteiger partial charge in [0.15, 0.2) is 0 Å². The molecule has 4 nitrogen and oxygen atoms in total. The van der Waals surface area contributed by atoms with E-state index in [0.29, 0.717) is 6.61 Å². The van der Waals surface area contributed by atoms with Crippen LogP contribution in [0.4, 0.5) is 4.79 Å². The summed E-state index contributed by atoms with van der Waals surface area (Å²) < 4.78 is 6.94. The minimum absolute atomic E-state index is 0.00338. The van der Waals surface area contributed by atoms with E-state index in [1.54, 1.807) is 4.90 Å². The number of carboxylic acid groups (broad SMARTS) is 1. The van der Waals surface area contributed by atoms with Crippen LogP contribution in [-0.4, -0.2) is 34.9 Å². The molecule has 3 atom stereocenters. The molecule has 3 rings (SSSR count). The van der Waals surface area contributed by atoms with Gasteiger partial charge in [-0.2, -0.15) is 0 Å². The molecule has 1 N–H and O–H groups in total. The molecule has 1 aromatic rings. The van der Waals surface area contributed by atoms with E-state index in [2.05, 4.69) is 15.9 Å². The van der Waals surface area contributed by atoms with Crippen LogP contribution >= 0.6 is 15.9 Å². The van der Waals surface area contributed by atoms with Crippen molar-refractivity contribution in [1.29, 1.82) is 0 Å². The van der Waals surface area contributed by atoms with Crippen LogP contribution in [0.3, 0.4) is 0 Å². The largest absolute Gasteiger partial charge is 0.465 e. The number of carbonyl (C=O) groups is 1. The quantitative estimate of drug-likeness (QED) is 0.846. The van der Waals surface area contributed by atoms with Crippen molar-refractivity contribution in [2.45, 2.75) is 43.9 Å². The molecule has 0 bridgehead atoms. The van der Waals surface area contributed by atoms with Crippen LogP contribution < -0.4 is 0 Å². The molecule has 1 heterocycles. The average Bonchev–Trinajstić information content (AvgIpc) is 2.46. The normalized spacial score (nSPS) is 29.9. The van der Waals surface area contributed by atoms with Gasteiger partial charge in [0.2, 0.25) is 0 Å². The van der Waals surface area contributed by atoms with Crippen molar-refractivity contribution in [2.75, 3.05) is 6.61 Å². The molecule has 1 saturated heterocycles. The number of amides is 1. The van der Waals surface area contributed by atoms with Crippen LogP contribution in [0, 0.1) is 0 Å². The van der Waals surface area contributed by atoms with Gasteiger partial charge in [0.05, 0.1) is 24.8 Å². The van der Waals surface area contributed by atoms with E-state index >= 15 is 0 Å². The Bertz CT molecular complexity index is 490. The van der Waals surface area contributed by atoms with Gasteiger partial charge in [0, 0.05) is 4.47 Å². The number of hydrogen-bond acceptors (Lipinski definition) is 2. The summed E-state index contributed by atoms with van der Waals surface area (Å²) in [6.45, 7) is 0.453. The SMILES string of the molecule is O=C(O)N1C(c2ccc(Br)cc2)COC2CCCCC21. The number of halogens is 1. The van der Waals surface area contributed by atoms with Crippen LogP contribution in [0.5, 0.6) is 0 Å². The van der Waals surface area contributed by atoms with E-state index in [9.17, 15) is 9.90 Å². The summed E-state index contributed by atoms with van der Waals surface area (Å²) in [6.07, 6.45) is 3.34. The molecule has 2 fully saturated rings. The summed E-state index contributed by atoms with van der Waals surface area (Å²) in [6, 6.07) is 7.64. The van der Waals surface area contributed by atoms with Gasteiger partial charge in [-0.15, -0.1) is 0 Å². The van der Waals surface area contributed by atoms with Gasteiger partial charge in [-0.05, 0) is 30.5 Å². The Hall–Kier alpha value is -1.07. The first-order chi connectivity index (χ1) is 9.66. The second-order valence-electron chi connectivity index (χ2n) is 5.48. The zero-order valence-corrected chi connectivity index (χ0v) is 12.8. The van der Waals surface area contributed by atoms with Crippen molar-refractivity contribution in [3.63, 3.8) is 0 Å². The topological polar surface area (TPSA) is 49.8 Å². The van der Waals surface area contributed by atoms with E-state index in [-0.39, 0.29) is 18.2 Å². The molecule has 2 aliphatic rings. The first-order valence-electron chi connectivity index (χ1n) is 7.05. The summed E-state index contributed by atoms with van der Waals surface area (Å²) >= 11 is 3.41. The highest BCUT2D eigenvalue weighted by atomic mass is 79.9. The highest BCUT2D eigenvalue weighted by Gasteiger charge is 2.42. The predicted molar refractivity (Wildman–Crippen MR) is 78.7 cm³/mol. The highest BCUT2D eigenvalue weighted by Crippen LogP contribution is 2.37. The fraction of sp³-hybridized carbons (Fsp3) is 0.533. The second-order valence-corrected chi connectivity index (χ2v) is 6.40. The number of rotatable bonds is 1. The summed E-state index contributed by atoms with van der Waals surface area (Å²) in [5.74, 6) is 0. The second kappa shape index (κ2) is 5.74. The van der Waals surface area contributed by atoms with Crippen molar-refractivity contribution in [2.24, 2.45) is 0 Å². The van der Waals surface area contributed by atoms with Gasteiger partial charge in [-0.1, -0.05) is 40.9 Å². The standard InChI is InChI=1S/C15H18BrNO3/c16-11-7-5-10(6-8-11)13-9-20-14-4-2-1-3-12(14)17(13)15(18)19/h5-8,12-14H,1-4,9H2,(H,18,19). The number of nitrogens with zero attached hydrogens (tertiary/aromatic N) is 1. The van der Waals surface area contributed by atoms with Crippen molar-refractivity contribution >= 4 is 22.0 Å². The Kier molecular flexibility index (Phi) is 3.98. The number of benzene rings is 1. The molecule has 0 aromatic heterocycles. The first-order valence-corrected chi connectivity index (χ1v) is 7.84. The third-order valence-electron chi connectivity index (χ3n) is 4.30. The monoisotopic (exact) mass is 339 g/mol. The Balaban J connectivity index is 1.89. The van der Waals surface area contributed by atoms with Crippen molar-refractivity contribution in [3.05, 3.63) is 34.3 Å². The molecule has 108 valence electrons. The average molecular weight is 340 g/mol.